The number of anilines is 2. The van der Waals surface area contributed by atoms with Crippen molar-refractivity contribution in [2.45, 2.75) is 6.42 Å². The molecule has 1 fully saturated rings. The third kappa shape index (κ3) is 4.16. The number of nitriles is 1. The van der Waals surface area contributed by atoms with Crippen LogP contribution < -0.4 is 5.32 Å². The molecule has 4 heterocycles. The second-order valence-electron chi connectivity index (χ2n) is 8.81. The highest BCUT2D eigenvalue weighted by Gasteiger charge is 2.27. The Labute approximate surface area is 206 Å². The number of H-pyrrole nitrogens is 2. The fourth-order valence-electron chi connectivity index (χ4n) is 4.47. The van der Waals surface area contributed by atoms with Crippen molar-refractivity contribution in [1.29, 1.82) is 5.26 Å². The third-order valence-corrected chi connectivity index (χ3v) is 6.41. The number of carbonyl (C=O) groups is 1. The van der Waals surface area contributed by atoms with Crippen LogP contribution in [0.25, 0.3) is 33.4 Å². The molecule has 1 aliphatic rings. The number of amides is 1. The Balaban J connectivity index is 1.21. The molecule has 1 saturated heterocycles. The molecular formula is C27H22N8O. The molecular weight excluding hydrogens is 452 g/mol. The van der Waals surface area contributed by atoms with Gasteiger partial charge in [-0.25, -0.2) is 9.97 Å². The monoisotopic (exact) mass is 474 g/mol. The molecule has 0 spiro atoms. The lowest BCUT2D eigenvalue weighted by molar-refractivity contribution is 0.0785. The van der Waals surface area contributed by atoms with Crippen LogP contribution in [0, 0.1) is 17.2 Å². The normalized spacial score (nSPS) is 15.2. The number of hydrogen-bond acceptors (Lipinski definition) is 6. The number of carbonyl (C=O) groups excluding carboxylic acids is 1. The average molecular weight is 475 g/mol. The molecule has 176 valence electrons. The first-order valence-corrected chi connectivity index (χ1v) is 11.7. The molecule has 2 aromatic carbocycles. The van der Waals surface area contributed by atoms with Gasteiger partial charge >= 0.3 is 0 Å². The topological polar surface area (TPSA) is 126 Å². The van der Waals surface area contributed by atoms with Gasteiger partial charge in [-0.05, 0) is 42.3 Å². The van der Waals surface area contributed by atoms with Crippen molar-refractivity contribution in [3.05, 3.63) is 78.9 Å². The molecule has 1 atom stereocenters. The minimum atomic E-state index is -0.0858. The van der Waals surface area contributed by atoms with Crippen molar-refractivity contribution in [1.82, 2.24) is 30.0 Å². The molecule has 1 aliphatic heterocycles. The summed E-state index contributed by atoms with van der Waals surface area (Å²) in [6.45, 7) is 1.09. The Kier molecular flexibility index (Phi) is 5.39. The number of benzene rings is 2. The maximum absolute atomic E-state index is 12.9. The van der Waals surface area contributed by atoms with Crippen molar-refractivity contribution in [2.75, 3.05) is 18.4 Å². The van der Waals surface area contributed by atoms with Gasteiger partial charge in [-0.3, -0.25) is 9.89 Å². The molecule has 5 aromatic rings. The first kappa shape index (κ1) is 21.6. The molecule has 1 unspecified atom stereocenters. The predicted octanol–water partition coefficient (Wildman–Crippen LogP) is 4.74. The van der Waals surface area contributed by atoms with Crippen LogP contribution in [0.4, 0.5) is 11.5 Å². The first-order valence-electron chi connectivity index (χ1n) is 11.7. The van der Waals surface area contributed by atoms with Crippen molar-refractivity contribution in [2.24, 2.45) is 5.92 Å². The zero-order valence-corrected chi connectivity index (χ0v) is 19.3. The minimum Gasteiger partial charge on any atom is -0.351 e. The minimum absolute atomic E-state index is 0.0771. The second-order valence-corrected chi connectivity index (χ2v) is 8.81. The van der Waals surface area contributed by atoms with Crippen molar-refractivity contribution >= 4 is 28.3 Å². The van der Waals surface area contributed by atoms with Crippen LogP contribution in [0.1, 0.15) is 16.9 Å². The van der Waals surface area contributed by atoms with Gasteiger partial charge in [-0.1, -0.05) is 24.3 Å². The summed E-state index contributed by atoms with van der Waals surface area (Å²) in [6, 6.07) is 19.8. The quantitative estimate of drug-likeness (QED) is 0.338. The number of nitrogens with one attached hydrogen (secondary N) is 3. The van der Waals surface area contributed by atoms with E-state index < -0.39 is 0 Å². The van der Waals surface area contributed by atoms with Crippen LogP contribution in [-0.2, 0) is 0 Å². The van der Waals surface area contributed by atoms with Gasteiger partial charge in [0, 0.05) is 53.2 Å². The van der Waals surface area contributed by atoms with Gasteiger partial charge in [0.05, 0.1) is 18.2 Å². The lowest BCUT2D eigenvalue weighted by atomic mass is 10.1. The van der Waals surface area contributed by atoms with Gasteiger partial charge in [-0.2, -0.15) is 10.4 Å². The lowest BCUT2D eigenvalue weighted by Crippen LogP contribution is -2.28. The fraction of sp³-hybridized carbons (Fsp3) is 0.148. The van der Waals surface area contributed by atoms with Gasteiger partial charge < -0.3 is 15.2 Å². The van der Waals surface area contributed by atoms with E-state index in [0.717, 1.165) is 39.7 Å². The maximum Gasteiger partial charge on any atom is 0.270 e. The molecule has 1 amide bonds. The van der Waals surface area contributed by atoms with Crippen molar-refractivity contribution < 1.29 is 4.79 Å². The van der Waals surface area contributed by atoms with E-state index in [-0.39, 0.29) is 11.8 Å². The Morgan fingerprint density at radius 2 is 1.94 bits per heavy atom. The summed E-state index contributed by atoms with van der Waals surface area (Å²) in [5.41, 5.74) is 5.22. The average Bonchev–Trinajstić information content (AvgIpc) is 3.69. The largest absolute Gasteiger partial charge is 0.351 e. The summed E-state index contributed by atoms with van der Waals surface area (Å²) in [7, 11) is 0. The SMILES string of the molecule is N#CC1CCN(C(=O)c2cc3ccc(-c4nccc(Nc5ccc(-c6cn[nH]c6)cc5)n4)cc3[nH]2)C1. The number of aromatic amines is 2. The van der Waals surface area contributed by atoms with E-state index in [1.807, 2.05) is 60.8 Å². The summed E-state index contributed by atoms with van der Waals surface area (Å²) in [5, 5.41) is 20.2. The molecule has 0 aliphatic carbocycles. The number of rotatable bonds is 5. The molecule has 9 nitrogen and oxygen atoms in total. The van der Waals surface area contributed by atoms with Gasteiger partial charge in [-0.15, -0.1) is 0 Å². The molecule has 0 bridgehead atoms. The second kappa shape index (κ2) is 9.00. The summed E-state index contributed by atoms with van der Waals surface area (Å²) in [4.78, 5) is 27.0. The van der Waals surface area contributed by atoms with E-state index in [2.05, 4.69) is 36.5 Å². The number of aromatic nitrogens is 5. The fourth-order valence-corrected chi connectivity index (χ4v) is 4.47. The van der Waals surface area contributed by atoms with E-state index >= 15 is 0 Å². The molecule has 6 rings (SSSR count). The molecule has 9 heteroatoms. The first-order chi connectivity index (χ1) is 17.7. The van der Waals surface area contributed by atoms with E-state index in [4.69, 9.17) is 5.26 Å². The highest BCUT2D eigenvalue weighted by atomic mass is 16.2. The van der Waals surface area contributed by atoms with E-state index in [1.165, 1.54) is 0 Å². The Morgan fingerprint density at radius 1 is 1.08 bits per heavy atom. The van der Waals surface area contributed by atoms with E-state index in [0.29, 0.717) is 30.4 Å². The van der Waals surface area contributed by atoms with Crippen LogP contribution in [0.15, 0.2) is 73.2 Å². The smallest absolute Gasteiger partial charge is 0.270 e. The molecule has 3 N–H and O–H groups in total. The Morgan fingerprint density at radius 3 is 2.72 bits per heavy atom. The predicted molar refractivity (Wildman–Crippen MR) is 136 cm³/mol. The van der Waals surface area contributed by atoms with E-state index in [1.54, 1.807) is 17.3 Å². The highest BCUT2D eigenvalue weighted by molar-refractivity contribution is 5.98. The number of nitrogens with zero attached hydrogens (tertiary/aromatic N) is 5. The molecule has 3 aromatic heterocycles. The van der Waals surface area contributed by atoms with Crippen molar-refractivity contribution in [3.8, 4) is 28.6 Å². The van der Waals surface area contributed by atoms with Crippen LogP contribution in [0.5, 0.6) is 0 Å². The number of hydrogen-bond donors (Lipinski definition) is 3. The lowest BCUT2D eigenvalue weighted by Gasteiger charge is -2.13. The summed E-state index contributed by atoms with van der Waals surface area (Å²) in [5.74, 6) is 1.10. The summed E-state index contributed by atoms with van der Waals surface area (Å²) < 4.78 is 0. The summed E-state index contributed by atoms with van der Waals surface area (Å²) >= 11 is 0. The van der Waals surface area contributed by atoms with Gasteiger partial charge in [0.25, 0.3) is 5.91 Å². The Hall–Kier alpha value is -4.97. The molecule has 36 heavy (non-hydrogen) atoms. The maximum atomic E-state index is 12.9. The van der Waals surface area contributed by atoms with Crippen LogP contribution in [-0.4, -0.2) is 49.0 Å². The Bertz CT molecular complexity index is 1580. The van der Waals surface area contributed by atoms with Crippen LogP contribution in [0.2, 0.25) is 0 Å². The third-order valence-electron chi connectivity index (χ3n) is 6.41. The van der Waals surface area contributed by atoms with Crippen LogP contribution >= 0.6 is 0 Å². The van der Waals surface area contributed by atoms with E-state index in [9.17, 15) is 4.79 Å². The van der Waals surface area contributed by atoms with Gasteiger partial charge in [0.1, 0.15) is 11.5 Å². The molecule has 0 radical (unpaired) electrons. The number of likely N-dealkylation sites (tertiary alicyclic amines) is 1. The zero-order valence-electron chi connectivity index (χ0n) is 19.3. The van der Waals surface area contributed by atoms with Gasteiger partial charge in [0.2, 0.25) is 0 Å². The zero-order chi connectivity index (χ0) is 24.5. The highest BCUT2D eigenvalue weighted by Crippen LogP contribution is 2.26. The van der Waals surface area contributed by atoms with Crippen LogP contribution in [0.3, 0.4) is 0 Å². The standard InChI is InChI=1S/C27H22N8O/c28-13-17-8-10-35(16-17)27(36)24-11-19-1-2-20(12-23(19)33-24)26-29-9-7-25(34-26)32-22-5-3-18(4-6-22)21-14-30-31-15-21/h1-7,9,11-12,14-15,17,33H,8,10,16H2,(H,30,31)(H,29,32,34). The van der Waals surface area contributed by atoms with Gasteiger partial charge in [0.15, 0.2) is 5.82 Å². The number of fused-ring (bicyclic) bond motifs is 1. The summed E-state index contributed by atoms with van der Waals surface area (Å²) in [6.07, 6.45) is 6.09. The van der Waals surface area contributed by atoms with Crippen molar-refractivity contribution in [3.63, 3.8) is 0 Å². The molecule has 0 saturated carbocycles.